The summed E-state index contributed by atoms with van der Waals surface area (Å²) in [6, 6.07) is 14.9. The van der Waals surface area contributed by atoms with Crippen LogP contribution in [0.2, 0.25) is 0 Å². The van der Waals surface area contributed by atoms with Gasteiger partial charge < -0.3 is 0 Å². The summed E-state index contributed by atoms with van der Waals surface area (Å²) in [5.41, 5.74) is 4.06. The smallest absolute Gasteiger partial charge is 0.292 e. The fraction of sp³-hybridized carbons (Fsp3) is 0.0952. The average Bonchev–Trinajstić information content (AvgIpc) is 3.08. The first-order valence-corrected chi connectivity index (χ1v) is 9.29. The van der Waals surface area contributed by atoms with Crippen molar-refractivity contribution in [3.8, 4) is 11.3 Å². The highest BCUT2D eigenvalue weighted by Gasteiger charge is 2.33. The van der Waals surface area contributed by atoms with Gasteiger partial charge in [0.05, 0.1) is 23.5 Å². The van der Waals surface area contributed by atoms with E-state index in [1.165, 1.54) is 23.5 Å². The van der Waals surface area contributed by atoms with Gasteiger partial charge in [-0.3, -0.25) is 10.4 Å². The summed E-state index contributed by atoms with van der Waals surface area (Å²) in [6.07, 6.45) is -2.82. The maximum absolute atomic E-state index is 13.4. The van der Waals surface area contributed by atoms with Crippen molar-refractivity contribution < 1.29 is 13.2 Å². The van der Waals surface area contributed by atoms with Crippen molar-refractivity contribution >= 4 is 17.0 Å². The molecule has 0 aliphatic heterocycles. The molecule has 0 atom stereocenters. The highest BCUT2D eigenvalue weighted by atomic mass is 32.1. The third kappa shape index (κ3) is 4.26. The molecule has 0 aliphatic rings. The van der Waals surface area contributed by atoms with Crippen LogP contribution in [0, 0.1) is 0 Å². The number of alkyl halides is 3. The van der Waals surface area contributed by atoms with Crippen LogP contribution in [0.3, 0.4) is 0 Å². The second kappa shape index (κ2) is 8.31. The molecule has 1 aromatic heterocycles. The van der Waals surface area contributed by atoms with Crippen LogP contribution in [-0.2, 0) is 6.18 Å². The van der Waals surface area contributed by atoms with Crippen LogP contribution in [0.5, 0.6) is 0 Å². The lowest BCUT2D eigenvalue weighted by Gasteiger charge is -2.18. The lowest BCUT2D eigenvalue weighted by atomic mass is 10.1. The van der Waals surface area contributed by atoms with E-state index in [1.807, 2.05) is 35.7 Å². The summed E-state index contributed by atoms with van der Waals surface area (Å²) in [4.78, 5) is 5.03. The Morgan fingerprint density at radius 2 is 1.79 bits per heavy atom. The van der Waals surface area contributed by atoms with Crippen LogP contribution in [-0.4, -0.2) is 11.2 Å². The van der Waals surface area contributed by atoms with Crippen LogP contribution in [0.25, 0.3) is 17.0 Å². The Morgan fingerprint density at radius 3 is 2.46 bits per heavy atom. The first-order chi connectivity index (χ1) is 13.4. The van der Waals surface area contributed by atoms with Gasteiger partial charge in [0.2, 0.25) is 4.80 Å². The second-order valence-electron chi connectivity index (χ2n) is 5.87. The molecule has 0 unspecified atom stereocenters. The molecule has 28 heavy (non-hydrogen) atoms. The number of nitrogens with zero attached hydrogens (tertiary/aromatic N) is 2. The highest BCUT2D eigenvalue weighted by molar-refractivity contribution is 7.07. The molecule has 0 spiro atoms. The maximum Gasteiger partial charge on any atom is 0.417 e. The number of thiazole rings is 1. The molecule has 144 valence electrons. The lowest BCUT2D eigenvalue weighted by Crippen LogP contribution is -2.26. The van der Waals surface area contributed by atoms with Crippen molar-refractivity contribution in [3.63, 3.8) is 0 Å². The minimum absolute atomic E-state index is 0.0117. The summed E-state index contributed by atoms with van der Waals surface area (Å²) < 4.78 is 41.8. The van der Waals surface area contributed by atoms with Crippen LogP contribution >= 0.6 is 11.3 Å². The molecule has 3 aromatic rings. The van der Waals surface area contributed by atoms with Crippen LogP contribution < -0.4 is 10.2 Å². The number of rotatable bonds is 6. The molecule has 3 rings (SSSR count). The van der Waals surface area contributed by atoms with E-state index in [9.17, 15) is 13.2 Å². The highest BCUT2D eigenvalue weighted by Crippen LogP contribution is 2.34. The SMILES string of the molecule is C=CCN=c1scc(-c2ccccc2)n1NC(=C)c1ccccc1C(F)(F)F. The minimum atomic E-state index is -4.47. The van der Waals surface area contributed by atoms with Gasteiger partial charge in [-0.15, -0.1) is 17.9 Å². The van der Waals surface area contributed by atoms with E-state index in [0.717, 1.165) is 17.3 Å². The Bertz CT molecular complexity index is 1050. The van der Waals surface area contributed by atoms with E-state index in [1.54, 1.807) is 16.8 Å². The number of halogens is 3. The van der Waals surface area contributed by atoms with E-state index in [-0.39, 0.29) is 11.3 Å². The Kier molecular flexibility index (Phi) is 5.84. The average molecular weight is 401 g/mol. The first kappa shape index (κ1) is 19.7. The molecule has 1 N–H and O–H groups in total. The molecule has 0 aliphatic carbocycles. The predicted octanol–water partition coefficient (Wildman–Crippen LogP) is 5.54. The van der Waals surface area contributed by atoms with Crippen molar-refractivity contribution in [3.05, 3.63) is 95.1 Å². The summed E-state index contributed by atoms with van der Waals surface area (Å²) in [5.74, 6) is 0. The third-order valence-electron chi connectivity index (χ3n) is 3.94. The molecular formula is C21H18F3N3S. The number of benzene rings is 2. The standard InChI is InChI=1S/C21H18F3N3S/c1-3-13-25-20-27(19(14-28-20)16-9-5-4-6-10-16)26-15(2)17-11-7-8-12-18(17)21(22,23)24/h3-12,14,26H,1-2,13H2. The van der Waals surface area contributed by atoms with Gasteiger partial charge >= 0.3 is 6.18 Å². The van der Waals surface area contributed by atoms with Crippen molar-refractivity contribution in [1.29, 1.82) is 0 Å². The van der Waals surface area contributed by atoms with Crippen molar-refractivity contribution in [2.24, 2.45) is 4.99 Å². The van der Waals surface area contributed by atoms with E-state index >= 15 is 0 Å². The van der Waals surface area contributed by atoms with Gasteiger partial charge in [-0.25, -0.2) is 4.68 Å². The van der Waals surface area contributed by atoms with Crippen LogP contribution in [0.1, 0.15) is 11.1 Å². The molecular weight excluding hydrogens is 383 g/mol. The normalized spacial score (nSPS) is 12.0. The molecule has 0 saturated carbocycles. The Labute approximate surface area is 164 Å². The zero-order valence-corrected chi connectivity index (χ0v) is 15.7. The van der Waals surface area contributed by atoms with E-state index in [0.29, 0.717) is 11.3 Å². The van der Waals surface area contributed by atoms with Gasteiger partial charge in [0.15, 0.2) is 0 Å². The minimum Gasteiger partial charge on any atom is -0.292 e. The molecule has 0 bridgehead atoms. The number of nitrogens with one attached hydrogen (secondary N) is 1. The van der Waals surface area contributed by atoms with Gasteiger partial charge in [0.1, 0.15) is 0 Å². The molecule has 7 heteroatoms. The Hall–Kier alpha value is -3.06. The molecule has 3 nitrogen and oxygen atoms in total. The van der Waals surface area contributed by atoms with Gasteiger partial charge in [-0.05, 0) is 6.07 Å². The summed E-state index contributed by atoms with van der Waals surface area (Å²) in [5, 5.41) is 1.90. The lowest BCUT2D eigenvalue weighted by molar-refractivity contribution is -0.137. The zero-order valence-electron chi connectivity index (χ0n) is 14.9. The van der Waals surface area contributed by atoms with Gasteiger partial charge in [0, 0.05) is 16.5 Å². The van der Waals surface area contributed by atoms with Crippen LogP contribution in [0.15, 0.2) is 84.2 Å². The summed E-state index contributed by atoms with van der Waals surface area (Å²) in [7, 11) is 0. The number of hydrogen-bond donors (Lipinski definition) is 1. The molecule has 0 fully saturated rings. The number of hydrogen-bond acceptors (Lipinski definition) is 3. The van der Waals surface area contributed by atoms with Crippen molar-refractivity contribution in [1.82, 2.24) is 4.68 Å². The van der Waals surface area contributed by atoms with Gasteiger partial charge in [-0.1, -0.05) is 61.2 Å². The van der Waals surface area contributed by atoms with E-state index in [2.05, 4.69) is 23.6 Å². The summed E-state index contributed by atoms with van der Waals surface area (Å²) >= 11 is 1.38. The molecule has 1 heterocycles. The van der Waals surface area contributed by atoms with Crippen LogP contribution in [0.4, 0.5) is 13.2 Å². The summed E-state index contributed by atoms with van der Waals surface area (Å²) in [6.45, 7) is 7.89. The predicted molar refractivity (Wildman–Crippen MR) is 108 cm³/mol. The van der Waals surface area contributed by atoms with Gasteiger partial charge in [0.25, 0.3) is 0 Å². The Morgan fingerprint density at radius 1 is 1.11 bits per heavy atom. The van der Waals surface area contributed by atoms with Crippen molar-refractivity contribution in [2.75, 3.05) is 12.0 Å². The fourth-order valence-electron chi connectivity index (χ4n) is 2.67. The topological polar surface area (TPSA) is 29.3 Å². The first-order valence-electron chi connectivity index (χ1n) is 8.41. The number of aromatic nitrogens is 1. The van der Waals surface area contributed by atoms with E-state index < -0.39 is 11.7 Å². The zero-order chi connectivity index (χ0) is 20.1. The van der Waals surface area contributed by atoms with Crippen molar-refractivity contribution in [2.45, 2.75) is 6.18 Å². The molecule has 0 radical (unpaired) electrons. The Balaban J connectivity index is 2.06. The third-order valence-corrected chi connectivity index (χ3v) is 4.80. The molecule has 2 aromatic carbocycles. The molecule has 0 saturated heterocycles. The van der Waals surface area contributed by atoms with Gasteiger partial charge in [-0.2, -0.15) is 13.2 Å². The maximum atomic E-state index is 13.4. The monoisotopic (exact) mass is 401 g/mol. The van der Waals surface area contributed by atoms with E-state index in [4.69, 9.17) is 0 Å². The fourth-order valence-corrected chi connectivity index (χ4v) is 3.53. The second-order valence-corrected chi connectivity index (χ2v) is 6.70. The quantitative estimate of drug-likeness (QED) is 0.540. The molecule has 0 amide bonds. The largest absolute Gasteiger partial charge is 0.417 e.